The smallest absolute Gasteiger partial charge is 0.413 e. The molecule has 0 saturated carbocycles. The van der Waals surface area contributed by atoms with Gasteiger partial charge in [0.25, 0.3) is 0 Å². The Morgan fingerprint density at radius 2 is 2.08 bits per heavy atom. The topological polar surface area (TPSA) is 63.6 Å². The number of hydrogen-bond acceptors (Lipinski definition) is 6. The van der Waals surface area contributed by atoms with Gasteiger partial charge in [-0.25, -0.2) is 14.2 Å². The molecule has 0 radical (unpaired) electrons. The number of amidine groups is 1. The van der Waals surface area contributed by atoms with E-state index in [1.54, 1.807) is 46.9 Å². The highest BCUT2D eigenvalue weighted by Gasteiger charge is 2.32. The van der Waals surface area contributed by atoms with Gasteiger partial charge in [0.1, 0.15) is 27.3 Å². The Morgan fingerprint density at radius 3 is 2.56 bits per heavy atom. The molecule has 9 heteroatoms. The number of thioether (sulfide) groups is 1. The lowest BCUT2D eigenvalue weighted by atomic mass is 10.00. The highest BCUT2D eigenvalue weighted by molar-refractivity contribution is 9.10. The number of carbonyl (C=O) groups excluding carboxylic acids is 1. The molecule has 0 aliphatic rings. The number of nitrogens with zero attached hydrogens (tertiary/aromatic N) is 2. The maximum atomic E-state index is 14.8. The van der Waals surface area contributed by atoms with E-state index in [1.807, 2.05) is 0 Å². The summed E-state index contributed by atoms with van der Waals surface area (Å²) in [5.74, 6) is 0.0490. The van der Waals surface area contributed by atoms with Crippen molar-refractivity contribution in [3.05, 3.63) is 22.2 Å². The number of aliphatic imine (C=N–C) groups is 1. The van der Waals surface area contributed by atoms with Gasteiger partial charge >= 0.3 is 6.09 Å². The molecule has 25 heavy (non-hydrogen) atoms. The van der Waals surface area contributed by atoms with Gasteiger partial charge in [-0.15, -0.1) is 11.8 Å². The molecule has 1 atom stereocenters. The fourth-order valence-electron chi connectivity index (χ4n) is 1.99. The number of hydrogen-bond donors (Lipinski definition) is 2. The van der Waals surface area contributed by atoms with Gasteiger partial charge in [0.15, 0.2) is 5.82 Å². The molecule has 0 aromatic carbocycles. The number of pyridine rings is 1. The Kier molecular flexibility index (Phi) is 7.76. The molecular formula is C16H23BrFN3O2S2. The number of nitrogens with one attached hydrogen (secondary N) is 1. The molecule has 0 aliphatic carbocycles. The quantitative estimate of drug-likeness (QED) is 0.227. The van der Waals surface area contributed by atoms with Crippen LogP contribution in [-0.2, 0) is 10.3 Å². The Hall–Kier alpha value is -0.800. The first-order valence-corrected chi connectivity index (χ1v) is 10.1. The fraction of sp³-hybridized carbons (Fsp3) is 0.562. The number of carbonyl (C=O) groups is 1. The molecule has 1 aromatic rings. The summed E-state index contributed by atoms with van der Waals surface area (Å²) in [6, 6.07) is 1.61. The first-order chi connectivity index (χ1) is 11.4. The molecule has 0 bridgehead atoms. The molecule has 0 unspecified atom stereocenters. The van der Waals surface area contributed by atoms with E-state index in [9.17, 15) is 9.18 Å². The van der Waals surface area contributed by atoms with E-state index in [0.29, 0.717) is 9.50 Å². The minimum atomic E-state index is -1.06. The second kappa shape index (κ2) is 8.73. The number of thiol groups is 1. The maximum absolute atomic E-state index is 14.8. The van der Waals surface area contributed by atoms with Crippen LogP contribution in [0.3, 0.4) is 0 Å². The van der Waals surface area contributed by atoms with Crippen LogP contribution in [0.4, 0.5) is 9.18 Å². The summed E-state index contributed by atoms with van der Waals surface area (Å²) in [4.78, 5) is 21.0. The second-order valence-electron chi connectivity index (χ2n) is 6.57. The van der Waals surface area contributed by atoms with Crippen molar-refractivity contribution in [3.63, 3.8) is 0 Å². The molecule has 0 saturated heterocycles. The summed E-state index contributed by atoms with van der Waals surface area (Å²) in [7, 11) is 0. The van der Waals surface area contributed by atoms with Gasteiger partial charge < -0.3 is 4.74 Å². The normalized spacial score (nSPS) is 14.8. The molecule has 140 valence electrons. The summed E-state index contributed by atoms with van der Waals surface area (Å²) >= 11 is 8.88. The lowest BCUT2D eigenvalue weighted by Gasteiger charge is -2.25. The lowest BCUT2D eigenvalue weighted by molar-refractivity contribution is 0.0562. The monoisotopic (exact) mass is 451 g/mol. The molecule has 1 amide bonds. The SMILES string of the molecule is CSc1cc(Br)nc([C@](C)(CS)N=C(C)NC(=O)OC(C)(C)C)c1F. The predicted octanol–water partition coefficient (Wildman–Crippen LogP) is 4.79. The van der Waals surface area contributed by atoms with Crippen LogP contribution in [0.2, 0.25) is 0 Å². The molecule has 0 spiro atoms. The summed E-state index contributed by atoms with van der Waals surface area (Å²) in [6.45, 7) is 8.62. The third-order valence-electron chi connectivity index (χ3n) is 3.03. The van der Waals surface area contributed by atoms with Crippen molar-refractivity contribution < 1.29 is 13.9 Å². The Balaban J connectivity index is 3.19. The van der Waals surface area contributed by atoms with E-state index in [1.165, 1.54) is 11.8 Å². The lowest BCUT2D eigenvalue weighted by Crippen LogP contribution is -2.37. The largest absolute Gasteiger partial charge is 0.444 e. The Bertz CT molecular complexity index is 680. The standard InChI is InChI=1S/C16H23BrFN3O2S2/c1-9(19-14(22)23-15(2,3)4)21-16(5,8-24)13-12(18)10(25-6)7-11(17)20-13/h7,24H,8H2,1-6H3,(H,19,21,22)/t16-/m0/s1. The molecule has 0 fully saturated rings. The van der Waals surface area contributed by atoms with Gasteiger partial charge in [-0.2, -0.15) is 12.6 Å². The molecular weight excluding hydrogens is 429 g/mol. The molecule has 1 heterocycles. The van der Waals surface area contributed by atoms with Crippen LogP contribution in [0.15, 0.2) is 20.6 Å². The zero-order valence-corrected chi connectivity index (χ0v) is 18.4. The Morgan fingerprint density at radius 1 is 1.48 bits per heavy atom. The maximum Gasteiger partial charge on any atom is 0.413 e. The summed E-state index contributed by atoms with van der Waals surface area (Å²) < 4.78 is 20.5. The third-order valence-corrected chi connectivity index (χ3v) is 4.79. The van der Waals surface area contributed by atoms with Crippen molar-refractivity contribution in [1.29, 1.82) is 0 Å². The van der Waals surface area contributed by atoms with Gasteiger partial charge in [0.05, 0.1) is 0 Å². The van der Waals surface area contributed by atoms with Crippen molar-refractivity contribution in [2.75, 3.05) is 12.0 Å². The minimum absolute atomic E-state index is 0.159. The van der Waals surface area contributed by atoms with Crippen LogP contribution in [0.25, 0.3) is 0 Å². The van der Waals surface area contributed by atoms with Crippen LogP contribution in [0.1, 0.15) is 40.3 Å². The summed E-state index contributed by atoms with van der Waals surface area (Å²) in [5.41, 5.74) is -1.52. The van der Waals surface area contributed by atoms with Gasteiger partial charge in [-0.05, 0) is 62.9 Å². The fourth-order valence-corrected chi connectivity index (χ4v) is 3.28. The molecule has 1 N–H and O–H groups in total. The third kappa shape index (κ3) is 6.45. The van der Waals surface area contributed by atoms with Crippen LogP contribution < -0.4 is 5.32 Å². The van der Waals surface area contributed by atoms with Crippen molar-refractivity contribution in [3.8, 4) is 0 Å². The van der Waals surface area contributed by atoms with Gasteiger partial charge in [0, 0.05) is 10.6 Å². The first-order valence-electron chi connectivity index (χ1n) is 7.49. The van der Waals surface area contributed by atoms with E-state index in [0.717, 1.165) is 0 Å². The zero-order chi connectivity index (χ0) is 19.4. The number of halogens is 2. The average Bonchev–Trinajstić information content (AvgIpc) is 2.46. The van der Waals surface area contributed by atoms with E-state index in [-0.39, 0.29) is 17.3 Å². The van der Waals surface area contributed by atoms with Crippen LogP contribution in [0, 0.1) is 5.82 Å². The first kappa shape index (κ1) is 22.2. The van der Waals surface area contributed by atoms with Gasteiger partial charge in [-0.1, -0.05) is 0 Å². The molecule has 5 nitrogen and oxygen atoms in total. The summed E-state index contributed by atoms with van der Waals surface area (Å²) in [5, 5.41) is 2.55. The predicted molar refractivity (Wildman–Crippen MR) is 107 cm³/mol. The van der Waals surface area contributed by atoms with Crippen molar-refractivity contribution in [1.82, 2.24) is 10.3 Å². The second-order valence-corrected chi connectivity index (χ2v) is 8.54. The number of alkyl carbamates (subject to hydrolysis) is 1. The van der Waals surface area contributed by atoms with Crippen molar-refractivity contribution in [2.24, 2.45) is 4.99 Å². The summed E-state index contributed by atoms with van der Waals surface area (Å²) in [6.07, 6.45) is 1.16. The van der Waals surface area contributed by atoms with Crippen molar-refractivity contribution in [2.45, 2.75) is 50.7 Å². The zero-order valence-electron chi connectivity index (χ0n) is 15.1. The minimum Gasteiger partial charge on any atom is -0.444 e. The number of aromatic nitrogens is 1. The molecule has 0 aliphatic heterocycles. The number of amides is 1. The van der Waals surface area contributed by atoms with E-state index in [4.69, 9.17) is 4.74 Å². The molecule has 1 rings (SSSR count). The average molecular weight is 452 g/mol. The van der Waals surface area contributed by atoms with Crippen LogP contribution >= 0.6 is 40.3 Å². The van der Waals surface area contributed by atoms with Crippen LogP contribution in [-0.4, -0.2) is 34.5 Å². The van der Waals surface area contributed by atoms with Gasteiger partial charge in [0.2, 0.25) is 0 Å². The van der Waals surface area contributed by atoms with E-state index in [2.05, 4.69) is 43.9 Å². The van der Waals surface area contributed by atoms with Gasteiger partial charge in [-0.3, -0.25) is 10.3 Å². The highest BCUT2D eigenvalue weighted by Crippen LogP contribution is 2.33. The van der Waals surface area contributed by atoms with Crippen LogP contribution in [0.5, 0.6) is 0 Å². The number of ether oxygens (including phenoxy) is 1. The number of rotatable bonds is 4. The Labute approximate surface area is 166 Å². The highest BCUT2D eigenvalue weighted by atomic mass is 79.9. The van der Waals surface area contributed by atoms with Crippen molar-refractivity contribution >= 4 is 52.2 Å². The van der Waals surface area contributed by atoms with E-state index >= 15 is 0 Å². The molecule has 1 aromatic heterocycles. The van der Waals surface area contributed by atoms with E-state index < -0.39 is 23.1 Å².